The standard InChI is InChI=1S/C13H13N5O2S/c1-8-7-21-13(16-8)17-11(19)9-5-18(6-9)12(20)10-4-14-2-3-15-10/h2-4,7,9H,5-6H2,1H3,(H,16,17,19). The predicted molar refractivity (Wildman–Crippen MR) is 76.9 cm³/mol. The molecule has 0 radical (unpaired) electrons. The molecule has 108 valence electrons. The van der Waals surface area contributed by atoms with Crippen LogP contribution in [0.15, 0.2) is 24.0 Å². The molecule has 2 aromatic heterocycles. The highest BCUT2D eigenvalue weighted by atomic mass is 32.1. The number of nitrogens with one attached hydrogen (secondary N) is 1. The van der Waals surface area contributed by atoms with E-state index in [1.54, 1.807) is 4.90 Å². The van der Waals surface area contributed by atoms with Crippen molar-refractivity contribution >= 4 is 28.3 Å². The molecule has 8 heteroatoms. The fourth-order valence-electron chi connectivity index (χ4n) is 2.00. The normalized spacial score (nSPS) is 14.6. The van der Waals surface area contributed by atoms with Crippen molar-refractivity contribution in [2.24, 2.45) is 5.92 Å². The Kier molecular flexibility index (Phi) is 3.61. The number of likely N-dealkylation sites (tertiary alicyclic amines) is 1. The monoisotopic (exact) mass is 303 g/mol. The Labute approximate surface area is 125 Å². The number of amides is 2. The van der Waals surface area contributed by atoms with Gasteiger partial charge in [0, 0.05) is 30.9 Å². The Balaban J connectivity index is 1.53. The number of hydrogen-bond donors (Lipinski definition) is 1. The van der Waals surface area contributed by atoms with Crippen LogP contribution in [0, 0.1) is 12.8 Å². The maximum absolute atomic E-state index is 12.0. The molecular weight excluding hydrogens is 290 g/mol. The molecule has 21 heavy (non-hydrogen) atoms. The van der Waals surface area contributed by atoms with Gasteiger partial charge in [0.2, 0.25) is 5.91 Å². The molecule has 0 spiro atoms. The van der Waals surface area contributed by atoms with E-state index in [-0.39, 0.29) is 17.7 Å². The molecule has 0 aromatic carbocycles. The minimum Gasteiger partial charge on any atom is -0.336 e. The number of carbonyl (C=O) groups excluding carboxylic acids is 2. The molecule has 1 saturated heterocycles. The van der Waals surface area contributed by atoms with Gasteiger partial charge in [-0.25, -0.2) is 9.97 Å². The van der Waals surface area contributed by atoms with Gasteiger partial charge >= 0.3 is 0 Å². The third-order valence-electron chi connectivity index (χ3n) is 3.17. The van der Waals surface area contributed by atoms with Crippen LogP contribution in [0.2, 0.25) is 0 Å². The minimum atomic E-state index is -0.199. The second-order valence-corrected chi connectivity index (χ2v) is 5.64. The fourth-order valence-corrected chi connectivity index (χ4v) is 2.69. The SMILES string of the molecule is Cc1csc(NC(=O)C2CN(C(=O)c3cnccn3)C2)n1. The quantitative estimate of drug-likeness (QED) is 0.912. The summed E-state index contributed by atoms with van der Waals surface area (Å²) in [5, 5.41) is 5.24. The van der Waals surface area contributed by atoms with Gasteiger partial charge in [0.05, 0.1) is 17.8 Å². The van der Waals surface area contributed by atoms with Crippen LogP contribution >= 0.6 is 11.3 Å². The number of rotatable bonds is 3. The van der Waals surface area contributed by atoms with Gasteiger partial charge in [-0.15, -0.1) is 11.3 Å². The molecule has 0 saturated carbocycles. The van der Waals surface area contributed by atoms with Crippen LogP contribution < -0.4 is 5.32 Å². The van der Waals surface area contributed by atoms with E-state index in [0.717, 1.165) is 5.69 Å². The van der Waals surface area contributed by atoms with Crippen molar-refractivity contribution in [3.8, 4) is 0 Å². The summed E-state index contributed by atoms with van der Waals surface area (Å²) in [6.45, 7) is 2.66. The van der Waals surface area contributed by atoms with E-state index in [9.17, 15) is 9.59 Å². The summed E-state index contributed by atoms with van der Waals surface area (Å²) in [4.78, 5) is 37.6. The Morgan fingerprint density at radius 2 is 2.19 bits per heavy atom. The van der Waals surface area contributed by atoms with E-state index in [4.69, 9.17) is 0 Å². The van der Waals surface area contributed by atoms with Gasteiger partial charge in [0.25, 0.3) is 5.91 Å². The first-order valence-electron chi connectivity index (χ1n) is 6.42. The van der Waals surface area contributed by atoms with Crippen molar-refractivity contribution in [2.45, 2.75) is 6.92 Å². The highest BCUT2D eigenvalue weighted by Gasteiger charge is 2.36. The molecule has 0 bridgehead atoms. The van der Waals surface area contributed by atoms with Crippen LogP contribution in [0.5, 0.6) is 0 Å². The molecule has 1 aliphatic heterocycles. The lowest BCUT2D eigenvalue weighted by atomic mass is 9.99. The van der Waals surface area contributed by atoms with Crippen molar-refractivity contribution in [3.05, 3.63) is 35.4 Å². The predicted octanol–water partition coefficient (Wildman–Crippen LogP) is 0.952. The number of nitrogens with zero attached hydrogens (tertiary/aromatic N) is 4. The smallest absolute Gasteiger partial charge is 0.274 e. The molecule has 3 rings (SSSR count). The largest absolute Gasteiger partial charge is 0.336 e. The second kappa shape index (κ2) is 5.57. The average Bonchev–Trinajstić information content (AvgIpc) is 2.83. The number of carbonyl (C=O) groups is 2. The average molecular weight is 303 g/mol. The van der Waals surface area contributed by atoms with E-state index in [2.05, 4.69) is 20.3 Å². The molecular formula is C13H13N5O2S. The zero-order valence-electron chi connectivity index (χ0n) is 11.3. The first kappa shape index (κ1) is 13.6. The first-order chi connectivity index (χ1) is 10.1. The zero-order chi connectivity index (χ0) is 14.8. The lowest BCUT2D eigenvalue weighted by Gasteiger charge is -2.37. The van der Waals surface area contributed by atoms with Gasteiger partial charge in [-0.3, -0.25) is 14.6 Å². The maximum atomic E-state index is 12.0. The van der Waals surface area contributed by atoms with Gasteiger partial charge in [0.15, 0.2) is 5.13 Å². The number of thiazole rings is 1. The highest BCUT2D eigenvalue weighted by molar-refractivity contribution is 7.13. The van der Waals surface area contributed by atoms with E-state index in [1.807, 2.05) is 12.3 Å². The summed E-state index contributed by atoms with van der Waals surface area (Å²) >= 11 is 1.39. The Bertz CT molecular complexity index is 666. The maximum Gasteiger partial charge on any atom is 0.274 e. The van der Waals surface area contributed by atoms with Crippen molar-refractivity contribution in [3.63, 3.8) is 0 Å². The van der Waals surface area contributed by atoms with Gasteiger partial charge in [0.1, 0.15) is 5.69 Å². The molecule has 2 amide bonds. The van der Waals surface area contributed by atoms with Crippen LogP contribution in [0.4, 0.5) is 5.13 Å². The topological polar surface area (TPSA) is 88.1 Å². The van der Waals surface area contributed by atoms with E-state index in [1.165, 1.54) is 29.9 Å². The molecule has 0 aliphatic carbocycles. The Morgan fingerprint density at radius 1 is 1.38 bits per heavy atom. The number of hydrogen-bond acceptors (Lipinski definition) is 6. The molecule has 2 aromatic rings. The van der Waals surface area contributed by atoms with Crippen LogP contribution in [0.25, 0.3) is 0 Å². The van der Waals surface area contributed by atoms with Crippen LogP contribution in [0.1, 0.15) is 16.2 Å². The lowest BCUT2D eigenvalue weighted by Crippen LogP contribution is -2.54. The van der Waals surface area contributed by atoms with E-state index < -0.39 is 0 Å². The van der Waals surface area contributed by atoms with Gasteiger partial charge in [-0.05, 0) is 6.92 Å². The number of aryl methyl sites for hydroxylation is 1. The molecule has 0 unspecified atom stereocenters. The summed E-state index contributed by atoms with van der Waals surface area (Å²) in [6, 6.07) is 0. The third-order valence-corrected chi connectivity index (χ3v) is 4.05. The molecule has 1 fully saturated rings. The van der Waals surface area contributed by atoms with Crippen LogP contribution in [-0.4, -0.2) is 44.8 Å². The first-order valence-corrected chi connectivity index (χ1v) is 7.30. The van der Waals surface area contributed by atoms with Crippen molar-refractivity contribution < 1.29 is 9.59 Å². The van der Waals surface area contributed by atoms with Gasteiger partial charge < -0.3 is 10.2 Å². The summed E-state index contributed by atoms with van der Waals surface area (Å²) in [6.07, 6.45) is 4.41. The van der Waals surface area contributed by atoms with Gasteiger partial charge in [-0.1, -0.05) is 0 Å². The molecule has 0 atom stereocenters. The molecule has 7 nitrogen and oxygen atoms in total. The summed E-state index contributed by atoms with van der Waals surface area (Å²) in [5.41, 5.74) is 1.18. The van der Waals surface area contributed by atoms with Crippen molar-refractivity contribution in [1.82, 2.24) is 19.9 Å². The molecule has 1 N–H and O–H groups in total. The number of aromatic nitrogens is 3. The lowest BCUT2D eigenvalue weighted by molar-refractivity contribution is -0.123. The zero-order valence-corrected chi connectivity index (χ0v) is 12.1. The van der Waals surface area contributed by atoms with Crippen molar-refractivity contribution in [1.29, 1.82) is 0 Å². The van der Waals surface area contributed by atoms with Crippen LogP contribution in [-0.2, 0) is 4.79 Å². The molecule has 3 heterocycles. The third kappa shape index (κ3) is 2.89. The summed E-state index contributed by atoms with van der Waals surface area (Å²) in [5.74, 6) is -0.500. The second-order valence-electron chi connectivity index (χ2n) is 4.78. The highest BCUT2D eigenvalue weighted by Crippen LogP contribution is 2.21. The van der Waals surface area contributed by atoms with Crippen LogP contribution in [0.3, 0.4) is 0 Å². The van der Waals surface area contributed by atoms with E-state index in [0.29, 0.717) is 23.9 Å². The minimum absolute atomic E-state index is 0.104. The summed E-state index contributed by atoms with van der Waals surface area (Å²) in [7, 11) is 0. The number of anilines is 1. The fraction of sp³-hybridized carbons (Fsp3) is 0.308. The van der Waals surface area contributed by atoms with Crippen molar-refractivity contribution in [2.75, 3.05) is 18.4 Å². The Hall–Kier alpha value is -2.35. The van der Waals surface area contributed by atoms with E-state index >= 15 is 0 Å². The summed E-state index contributed by atoms with van der Waals surface area (Å²) < 4.78 is 0. The van der Waals surface area contributed by atoms with Gasteiger partial charge in [-0.2, -0.15) is 0 Å². The Morgan fingerprint density at radius 3 is 2.81 bits per heavy atom. The molecule has 1 aliphatic rings.